The molecule has 0 unspecified atom stereocenters. The lowest BCUT2D eigenvalue weighted by Gasteiger charge is -2.12. The van der Waals surface area contributed by atoms with E-state index in [0.717, 1.165) is 5.56 Å². The standard InChI is InChI=1S/C11H16N2O4S/c1-7-4-8(2)11(9(3)5-7)18(15,16)13-17-6-10(12)14/h4-5,13H,6H2,1-3H3,(H2,12,14). The molecule has 18 heavy (non-hydrogen) atoms. The molecule has 0 saturated heterocycles. The highest BCUT2D eigenvalue weighted by Gasteiger charge is 2.20. The number of hydrogen-bond acceptors (Lipinski definition) is 4. The summed E-state index contributed by atoms with van der Waals surface area (Å²) in [6.45, 7) is 4.77. The molecule has 0 bridgehead atoms. The molecule has 1 amide bonds. The van der Waals surface area contributed by atoms with Gasteiger partial charge >= 0.3 is 0 Å². The predicted molar refractivity (Wildman–Crippen MR) is 66.1 cm³/mol. The maximum atomic E-state index is 12.0. The van der Waals surface area contributed by atoms with E-state index in [1.165, 1.54) is 0 Å². The average molecular weight is 272 g/mol. The van der Waals surface area contributed by atoms with Gasteiger partial charge in [0.15, 0.2) is 0 Å². The number of primary amides is 1. The molecule has 7 heteroatoms. The summed E-state index contributed by atoms with van der Waals surface area (Å²) < 4.78 is 24.0. The van der Waals surface area contributed by atoms with Crippen molar-refractivity contribution >= 4 is 15.9 Å². The van der Waals surface area contributed by atoms with Gasteiger partial charge in [0.05, 0.1) is 4.90 Å². The number of hydrogen-bond donors (Lipinski definition) is 2. The van der Waals surface area contributed by atoms with Crippen LogP contribution in [0.1, 0.15) is 16.7 Å². The lowest BCUT2D eigenvalue weighted by atomic mass is 10.1. The van der Waals surface area contributed by atoms with Crippen LogP contribution in [0.15, 0.2) is 17.0 Å². The van der Waals surface area contributed by atoms with Gasteiger partial charge in [-0.15, -0.1) is 0 Å². The SMILES string of the molecule is Cc1cc(C)c(S(=O)(=O)NOCC(N)=O)c(C)c1. The van der Waals surface area contributed by atoms with Gasteiger partial charge in [0.1, 0.15) is 6.61 Å². The first-order valence-corrected chi connectivity index (χ1v) is 6.72. The zero-order valence-electron chi connectivity index (χ0n) is 10.5. The molecule has 1 aromatic carbocycles. The van der Waals surface area contributed by atoms with Crippen LogP contribution in [0.25, 0.3) is 0 Å². The van der Waals surface area contributed by atoms with E-state index in [1.807, 2.05) is 11.8 Å². The van der Waals surface area contributed by atoms with Crippen molar-refractivity contribution in [1.29, 1.82) is 0 Å². The number of sulfonamides is 1. The Bertz CT molecular complexity index is 543. The van der Waals surface area contributed by atoms with Gasteiger partial charge in [0.2, 0.25) is 5.91 Å². The van der Waals surface area contributed by atoms with Crippen LogP contribution in [-0.2, 0) is 19.7 Å². The second-order valence-corrected chi connectivity index (χ2v) is 5.65. The number of carbonyl (C=O) groups excluding carboxylic acids is 1. The molecular formula is C11H16N2O4S. The van der Waals surface area contributed by atoms with Gasteiger partial charge in [-0.2, -0.15) is 0 Å². The molecule has 0 heterocycles. The van der Waals surface area contributed by atoms with Gasteiger partial charge in [-0.3, -0.25) is 9.63 Å². The molecule has 0 fully saturated rings. The third-order valence-electron chi connectivity index (χ3n) is 2.26. The van der Waals surface area contributed by atoms with Gasteiger partial charge in [-0.05, 0) is 31.9 Å². The Morgan fingerprint density at radius 2 is 1.78 bits per heavy atom. The van der Waals surface area contributed by atoms with Crippen LogP contribution < -0.4 is 10.6 Å². The van der Waals surface area contributed by atoms with Crippen LogP contribution in [0.5, 0.6) is 0 Å². The molecule has 0 radical (unpaired) electrons. The fourth-order valence-electron chi connectivity index (χ4n) is 1.81. The molecular weight excluding hydrogens is 256 g/mol. The number of carbonyl (C=O) groups is 1. The summed E-state index contributed by atoms with van der Waals surface area (Å²) in [4.78, 5) is 17.0. The molecule has 0 spiro atoms. The molecule has 1 rings (SSSR count). The zero-order chi connectivity index (χ0) is 13.9. The highest BCUT2D eigenvalue weighted by atomic mass is 32.2. The van der Waals surface area contributed by atoms with Crippen LogP contribution in [0, 0.1) is 20.8 Å². The average Bonchev–Trinajstić information content (AvgIpc) is 2.13. The molecule has 1 aromatic rings. The summed E-state index contributed by atoms with van der Waals surface area (Å²) in [7, 11) is -3.81. The Kier molecular flexibility index (Phi) is 4.44. The van der Waals surface area contributed by atoms with Crippen LogP contribution in [0.4, 0.5) is 0 Å². The Morgan fingerprint density at radius 3 is 2.22 bits per heavy atom. The number of benzene rings is 1. The molecule has 3 N–H and O–H groups in total. The number of nitrogens with two attached hydrogens (primary N) is 1. The summed E-state index contributed by atoms with van der Waals surface area (Å²) in [6.07, 6.45) is 0. The smallest absolute Gasteiger partial charge is 0.263 e. The van der Waals surface area contributed by atoms with E-state index in [-0.39, 0.29) is 4.90 Å². The third kappa shape index (κ3) is 3.52. The molecule has 0 atom stereocenters. The van der Waals surface area contributed by atoms with Crippen molar-refractivity contribution in [3.63, 3.8) is 0 Å². The lowest BCUT2D eigenvalue weighted by Crippen LogP contribution is -2.30. The monoisotopic (exact) mass is 272 g/mol. The summed E-state index contributed by atoms with van der Waals surface area (Å²) >= 11 is 0. The Balaban J connectivity index is 3.02. The van der Waals surface area contributed by atoms with Crippen molar-refractivity contribution in [1.82, 2.24) is 4.89 Å². The van der Waals surface area contributed by atoms with Crippen molar-refractivity contribution in [2.75, 3.05) is 6.61 Å². The van der Waals surface area contributed by atoms with Crippen molar-refractivity contribution < 1.29 is 18.0 Å². The van der Waals surface area contributed by atoms with E-state index in [0.29, 0.717) is 11.1 Å². The van der Waals surface area contributed by atoms with Crippen LogP contribution in [0.2, 0.25) is 0 Å². The fraction of sp³-hybridized carbons (Fsp3) is 0.364. The van der Waals surface area contributed by atoms with E-state index in [9.17, 15) is 13.2 Å². The molecule has 100 valence electrons. The summed E-state index contributed by atoms with van der Waals surface area (Å²) in [6, 6.07) is 3.52. The number of nitrogens with one attached hydrogen (secondary N) is 1. The van der Waals surface area contributed by atoms with E-state index in [1.54, 1.807) is 26.0 Å². The van der Waals surface area contributed by atoms with Crippen molar-refractivity contribution in [3.05, 3.63) is 28.8 Å². The zero-order valence-corrected chi connectivity index (χ0v) is 11.3. The normalized spacial score (nSPS) is 11.5. The van der Waals surface area contributed by atoms with Crippen LogP contribution in [0.3, 0.4) is 0 Å². The number of amides is 1. The van der Waals surface area contributed by atoms with Crippen molar-refractivity contribution in [2.45, 2.75) is 25.7 Å². The van der Waals surface area contributed by atoms with E-state index >= 15 is 0 Å². The van der Waals surface area contributed by atoms with Crippen LogP contribution in [-0.4, -0.2) is 20.9 Å². The van der Waals surface area contributed by atoms with Gasteiger partial charge in [-0.1, -0.05) is 22.6 Å². The Hall–Kier alpha value is -1.44. The molecule has 0 aromatic heterocycles. The first-order chi connectivity index (χ1) is 8.24. The molecule has 0 saturated carbocycles. The van der Waals surface area contributed by atoms with Gasteiger partial charge in [0.25, 0.3) is 10.0 Å². The maximum Gasteiger partial charge on any atom is 0.263 e. The third-order valence-corrected chi connectivity index (χ3v) is 3.78. The van der Waals surface area contributed by atoms with Gasteiger partial charge in [0, 0.05) is 0 Å². The Morgan fingerprint density at radius 1 is 1.28 bits per heavy atom. The Labute approximate surface area is 106 Å². The highest BCUT2D eigenvalue weighted by Crippen LogP contribution is 2.21. The van der Waals surface area contributed by atoms with Gasteiger partial charge in [-0.25, -0.2) is 8.42 Å². The molecule has 0 aliphatic rings. The second kappa shape index (κ2) is 5.47. The topological polar surface area (TPSA) is 98.5 Å². The summed E-state index contributed by atoms with van der Waals surface area (Å²) in [5, 5.41) is 0. The summed E-state index contributed by atoms with van der Waals surface area (Å²) in [5.74, 6) is -0.755. The highest BCUT2D eigenvalue weighted by molar-refractivity contribution is 7.89. The van der Waals surface area contributed by atoms with E-state index < -0.39 is 22.5 Å². The minimum Gasteiger partial charge on any atom is -0.368 e. The quantitative estimate of drug-likeness (QED) is 0.753. The predicted octanol–water partition coefficient (Wildman–Crippen LogP) is 0.307. The molecule has 0 aliphatic carbocycles. The van der Waals surface area contributed by atoms with E-state index in [4.69, 9.17) is 5.73 Å². The fourth-order valence-corrected chi connectivity index (χ4v) is 3.07. The first kappa shape index (κ1) is 14.6. The van der Waals surface area contributed by atoms with Crippen molar-refractivity contribution in [2.24, 2.45) is 5.73 Å². The van der Waals surface area contributed by atoms with Gasteiger partial charge < -0.3 is 5.73 Å². The number of rotatable bonds is 5. The minimum atomic E-state index is -3.81. The van der Waals surface area contributed by atoms with Crippen molar-refractivity contribution in [3.8, 4) is 0 Å². The minimum absolute atomic E-state index is 0.151. The number of aryl methyl sites for hydroxylation is 3. The summed E-state index contributed by atoms with van der Waals surface area (Å²) in [5.41, 5.74) is 7.04. The first-order valence-electron chi connectivity index (χ1n) is 5.24. The second-order valence-electron chi connectivity index (χ2n) is 4.07. The largest absolute Gasteiger partial charge is 0.368 e. The maximum absolute atomic E-state index is 12.0. The molecule has 0 aliphatic heterocycles. The lowest BCUT2D eigenvalue weighted by molar-refractivity contribution is -0.123. The molecule has 6 nitrogen and oxygen atoms in total. The van der Waals surface area contributed by atoms with Crippen LogP contribution >= 0.6 is 0 Å². The van der Waals surface area contributed by atoms with E-state index in [2.05, 4.69) is 4.84 Å².